The molecule has 0 aliphatic carbocycles. The van der Waals surface area contributed by atoms with Gasteiger partial charge in [-0.3, -0.25) is 4.79 Å². The maximum absolute atomic E-state index is 13.4. The zero-order valence-electron chi connectivity index (χ0n) is 10.8. The Labute approximate surface area is 111 Å². The first-order valence-corrected chi connectivity index (χ1v) is 6.73. The van der Waals surface area contributed by atoms with Gasteiger partial charge >= 0.3 is 0 Å². The van der Waals surface area contributed by atoms with Gasteiger partial charge in [-0.15, -0.1) is 0 Å². The molecular weight excluding hydrogens is 250 g/mol. The molecule has 1 saturated heterocycles. The largest absolute Gasteiger partial charge is 0.378 e. The van der Waals surface area contributed by atoms with Crippen LogP contribution in [0.15, 0.2) is 18.2 Å². The minimum atomic E-state index is -0.651. The van der Waals surface area contributed by atoms with Gasteiger partial charge < -0.3 is 4.74 Å². The monoisotopic (exact) mass is 268 g/mol. The van der Waals surface area contributed by atoms with Crippen molar-refractivity contribution in [3.8, 4) is 0 Å². The molecule has 0 saturated carbocycles. The Bertz CT molecular complexity index is 420. The maximum atomic E-state index is 13.4. The molecule has 1 aliphatic rings. The Kier molecular flexibility index (Phi) is 5.02. The lowest BCUT2D eigenvalue weighted by molar-refractivity contribution is -0.119. The van der Waals surface area contributed by atoms with Crippen LogP contribution in [0.5, 0.6) is 0 Å². The Morgan fingerprint density at radius 1 is 1.26 bits per heavy atom. The van der Waals surface area contributed by atoms with Crippen molar-refractivity contribution in [1.29, 1.82) is 0 Å². The van der Waals surface area contributed by atoms with E-state index in [1.54, 1.807) is 0 Å². The van der Waals surface area contributed by atoms with E-state index in [1.807, 2.05) is 0 Å². The number of Topliss-reactive ketones (excluding diaryl/α,β-unsaturated/α-hetero) is 1. The summed E-state index contributed by atoms with van der Waals surface area (Å²) in [6.45, 7) is 0.751. The van der Waals surface area contributed by atoms with Gasteiger partial charge in [-0.05, 0) is 37.8 Å². The molecule has 2 nitrogen and oxygen atoms in total. The third-order valence-electron chi connectivity index (χ3n) is 3.45. The number of carbonyl (C=O) groups is 1. The van der Waals surface area contributed by atoms with E-state index in [0.29, 0.717) is 12.8 Å². The summed E-state index contributed by atoms with van der Waals surface area (Å²) in [7, 11) is 0. The fraction of sp³-hybridized carbons (Fsp3) is 0.533. The summed E-state index contributed by atoms with van der Waals surface area (Å²) >= 11 is 0. The van der Waals surface area contributed by atoms with Crippen LogP contribution in [0.2, 0.25) is 0 Å². The van der Waals surface area contributed by atoms with Gasteiger partial charge in [0, 0.05) is 25.0 Å². The predicted octanol–water partition coefficient (Wildman–Crippen LogP) is 3.43. The second-order valence-corrected chi connectivity index (χ2v) is 4.94. The van der Waals surface area contributed by atoms with Crippen molar-refractivity contribution in [2.45, 2.75) is 44.6 Å². The quantitative estimate of drug-likeness (QED) is 0.818. The Morgan fingerprint density at radius 3 is 2.63 bits per heavy atom. The smallest absolute Gasteiger partial charge is 0.137 e. The Hall–Kier alpha value is -1.29. The summed E-state index contributed by atoms with van der Waals surface area (Å²) in [5.41, 5.74) is -0.128. The zero-order valence-corrected chi connectivity index (χ0v) is 10.8. The second-order valence-electron chi connectivity index (χ2n) is 4.94. The molecule has 0 amide bonds. The average Bonchev–Trinajstić information content (AvgIpc) is 2.42. The van der Waals surface area contributed by atoms with Crippen LogP contribution in [0.4, 0.5) is 8.78 Å². The minimum absolute atomic E-state index is 0.128. The molecule has 1 aromatic rings. The molecule has 4 heteroatoms. The van der Waals surface area contributed by atoms with E-state index in [-0.39, 0.29) is 23.9 Å². The summed E-state index contributed by atoms with van der Waals surface area (Å²) in [5, 5.41) is 0. The van der Waals surface area contributed by atoms with Gasteiger partial charge in [0.15, 0.2) is 0 Å². The van der Waals surface area contributed by atoms with Crippen molar-refractivity contribution in [3.63, 3.8) is 0 Å². The molecule has 0 N–H and O–H groups in total. The van der Waals surface area contributed by atoms with Gasteiger partial charge in [0.1, 0.15) is 17.4 Å². The van der Waals surface area contributed by atoms with Crippen LogP contribution >= 0.6 is 0 Å². The van der Waals surface area contributed by atoms with Gasteiger partial charge in [-0.2, -0.15) is 0 Å². The molecule has 1 atom stereocenters. The van der Waals surface area contributed by atoms with E-state index in [4.69, 9.17) is 4.74 Å². The molecule has 1 unspecified atom stereocenters. The topological polar surface area (TPSA) is 26.3 Å². The van der Waals surface area contributed by atoms with Crippen LogP contribution in [0.25, 0.3) is 0 Å². The first-order valence-electron chi connectivity index (χ1n) is 6.73. The molecule has 19 heavy (non-hydrogen) atoms. The molecule has 1 fully saturated rings. The number of rotatable bonds is 5. The molecule has 1 aromatic carbocycles. The minimum Gasteiger partial charge on any atom is -0.378 e. The van der Waals surface area contributed by atoms with E-state index in [9.17, 15) is 13.6 Å². The van der Waals surface area contributed by atoms with E-state index in [1.165, 1.54) is 18.2 Å². The van der Waals surface area contributed by atoms with Gasteiger partial charge in [0.05, 0.1) is 6.10 Å². The van der Waals surface area contributed by atoms with E-state index in [0.717, 1.165) is 25.9 Å². The highest BCUT2D eigenvalue weighted by atomic mass is 19.1. The number of carbonyl (C=O) groups excluding carboxylic acids is 1. The van der Waals surface area contributed by atoms with Crippen LogP contribution in [0.1, 0.15) is 37.7 Å². The molecular formula is C15H18F2O2. The summed E-state index contributed by atoms with van der Waals surface area (Å²) in [4.78, 5) is 11.8. The van der Waals surface area contributed by atoms with Crippen molar-refractivity contribution in [2.75, 3.05) is 6.61 Å². The highest BCUT2D eigenvalue weighted by Crippen LogP contribution is 2.19. The van der Waals surface area contributed by atoms with Crippen molar-refractivity contribution < 1.29 is 18.3 Å². The van der Waals surface area contributed by atoms with E-state index in [2.05, 4.69) is 0 Å². The number of hydrogen-bond acceptors (Lipinski definition) is 2. The predicted molar refractivity (Wildman–Crippen MR) is 67.9 cm³/mol. The lowest BCUT2D eigenvalue weighted by Crippen LogP contribution is -2.20. The summed E-state index contributed by atoms with van der Waals surface area (Å²) in [6, 6.07) is 3.65. The molecule has 1 heterocycles. The number of halogens is 2. The second kappa shape index (κ2) is 6.75. The summed E-state index contributed by atoms with van der Waals surface area (Å²) in [5.74, 6) is -1.44. The maximum Gasteiger partial charge on any atom is 0.137 e. The van der Waals surface area contributed by atoms with Crippen molar-refractivity contribution in [3.05, 3.63) is 35.4 Å². The van der Waals surface area contributed by atoms with Gasteiger partial charge in [0.25, 0.3) is 0 Å². The third kappa shape index (κ3) is 4.10. The standard InChI is InChI=1S/C15H18F2O2/c16-14-5-3-6-15(17)13(14)10-11(18)7-8-12-4-1-2-9-19-12/h3,5-6,12H,1-2,4,7-10H2. The normalized spacial score (nSPS) is 19.4. The Morgan fingerprint density at radius 2 is 2.00 bits per heavy atom. The zero-order chi connectivity index (χ0) is 13.7. The summed E-state index contributed by atoms with van der Waals surface area (Å²) in [6.07, 6.45) is 4.09. The van der Waals surface area contributed by atoms with Gasteiger partial charge in [-0.1, -0.05) is 6.07 Å². The number of ether oxygens (including phenoxy) is 1. The number of benzene rings is 1. The third-order valence-corrected chi connectivity index (χ3v) is 3.45. The van der Waals surface area contributed by atoms with E-state index >= 15 is 0 Å². The number of ketones is 1. The highest BCUT2D eigenvalue weighted by molar-refractivity contribution is 5.80. The molecule has 0 bridgehead atoms. The van der Waals surface area contributed by atoms with Crippen LogP contribution < -0.4 is 0 Å². The van der Waals surface area contributed by atoms with Crippen LogP contribution in [-0.2, 0) is 16.0 Å². The van der Waals surface area contributed by atoms with Crippen molar-refractivity contribution in [2.24, 2.45) is 0 Å². The summed E-state index contributed by atoms with van der Waals surface area (Å²) < 4.78 is 32.3. The van der Waals surface area contributed by atoms with Crippen molar-refractivity contribution >= 4 is 5.78 Å². The number of hydrogen-bond donors (Lipinski definition) is 0. The molecule has 2 rings (SSSR count). The first kappa shape index (κ1) is 14.1. The van der Waals surface area contributed by atoms with E-state index < -0.39 is 11.6 Å². The lowest BCUT2D eigenvalue weighted by Gasteiger charge is -2.22. The highest BCUT2D eigenvalue weighted by Gasteiger charge is 2.17. The SMILES string of the molecule is O=C(CCC1CCCCO1)Cc1c(F)cccc1F. The molecule has 1 aliphatic heterocycles. The Balaban J connectivity index is 1.83. The average molecular weight is 268 g/mol. The molecule has 0 aromatic heterocycles. The molecule has 0 spiro atoms. The van der Waals surface area contributed by atoms with Gasteiger partial charge in [-0.25, -0.2) is 8.78 Å². The first-order chi connectivity index (χ1) is 9.16. The lowest BCUT2D eigenvalue weighted by atomic mass is 10.00. The van der Waals surface area contributed by atoms with Crippen LogP contribution in [-0.4, -0.2) is 18.5 Å². The van der Waals surface area contributed by atoms with Crippen LogP contribution in [0.3, 0.4) is 0 Å². The van der Waals surface area contributed by atoms with Crippen molar-refractivity contribution in [1.82, 2.24) is 0 Å². The fourth-order valence-electron chi connectivity index (χ4n) is 2.34. The molecule has 0 radical (unpaired) electrons. The fourth-order valence-corrected chi connectivity index (χ4v) is 2.34. The van der Waals surface area contributed by atoms with Crippen LogP contribution in [0, 0.1) is 11.6 Å². The molecule has 104 valence electrons. The van der Waals surface area contributed by atoms with Gasteiger partial charge in [0.2, 0.25) is 0 Å².